The second-order valence-electron chi connectivity index (χ2n) is 6.23. The molecule has 2 rings (SSSR count). The Bertz CT molecular complexity index is 333. The van der Waals surface area contributed by atoms with E-state index >= 15 is 0 Å². The molecule has 18 heavy (non-hydrogen) atoms. The minimum atomic E-state index is -0.423. The maximum absolute atomic E-state index is 11.4. The summed E-state index contributed by atoms with van der Waals surface area (Å²) in [6.07, 6.45) is 6.79. The normalized spacial score (nSPS) is 29.6. The van der Waals surface area contributed by atoms with Crippen molar-refractivity contribution in [3.05, 3.63) is 12.2 Å². The van der Waals surface area contributed by atoms with Gasteiger partial charge >= 0.3 is 6.09 Å². The highest BCUT2D eigenvalue weighted by atomic mass is 16.6. The third-order valence-corrected chi connectivity index (χ3v) is 3.56. The van der Waals surface area contributed by atoms with Gasteiger partial charge in [0.2, 0.25) is 0 Å². The van der Waals surface area contributed by atoms with Crippen molar-refractivity contribution < 1.29 is 9.53 Å². The van der Waals surface area contributed by atoms with Gasteiger partial charge in [-0.3, -0.25) is 0 Å². The fraction of sp³-hybridized carbons (Fsp3) is 0.786. The molecule has 4 heteroatoms. The summed E-state index contributed by atoms with van der Waals surface area (Å²) in [5.41, 5.74) is -0.423. The van der Waals surface area contributed by atoms with Crippen molar-refractivity contribution in [2.24, 2.45) is 11.8 Å². The van der Waals surface area contributed by atoms with Gasteiger partial charge in [-0.2, -0.15) is 0 Å². The van der Waals surface area contributed by atoms with Crippen molar-refractivity contribution in [2.75, 3.05) is 13.1 Å². The number of fused-ring (bicyclic) bond motifs is 1. The lowest BCUT2D eigenvalue weighted by Crippen LogP contribution is -2.50. The lowest BCUT2D eigenvalue weighted by molar-refractivity contribution is 0.0526. The van der Waals surface area contributed by atoms with Crippen LogP contribution in [0.5, 0.6) is 0 Å². The molecule has 0 heterocycles. The Kier molecular flexibility index (Phi) is 3.95. The van der Waals surface area contributed by atoms with Crippen LogP contribution in [0.3, 0.4) is 0 Å². The average Bonchev–Trinajstić information content (AvgIpc) is 2.57. The molecule has 0 aromatic carbocycles. The van der Waals surface area contributed by atoms with Crippen LogP contribution < -0.4 is 10.6 Å². The van der Waals surface area contributed by atoms with Gasteiger partial charge in [-0.15, -0.1) is 0 Å². The first kappa shape index (κ1) is 13.4. The molecule has 3 unspecified atom stereocenters. The molecule has 0 aliphatic heterocycles. The molecule has 3 atom stereocenters. The first-order valence-corrected chi connectivity index (χ1v) is 6.82. The van der Waals surface area contributed by atoms with Crippen LogP contribution in [0.4, 0.5) is 4.79 Å². The Balaban J connectivity index is 1.54. The van der Waals surface area contributed by atoms with E-state index in [-0.39, 0.29) is 6.09 Å². The van der Waals surface area contributed by atoms with Crippen molar-refractivity contribution in [3.63, 3.8) is 0 Å². The molecule has 0 saturated heterocycles. The van der Waals surface area contributed by atoms with Gasteiger partial charge < -0.3 is 15.4 Å². The van der Waals surface area contributed by atoms with E-state index in [0.717, 1.165) is 18.4 Å². The van der Waals surface area contributed by atoms with Crippen LogP contribution in [0.2, 0.25) is 0 Å². The van der Waals surface area contributed by atoms with Gasteiger partial charge in [0.1, 0.15) is 5.60 Å². The van der Waals surface area contributed by atoms with E-state index in [1.54, 1.807) is 0 Å². The van der Waals surface area contributed by atoms with E-state index in [0.29, 0.717) is 12.6 Å². The Labute approximate surface area is 109 Å². The lowest BCUT2D eigenvalue weighted by atomic mass is 9.71. The highest BCUT2D eigenvalue weighted by Crippen LogP contribution is 2.42. The number of amides is 1. The standard InChI is InChI=1S/C14H24N2O2/c1-14(2,3)18-13(17)16-8-7-15-12-9-10-5-4-6-11(10)12/h4,6,10-12,15H,5,7-9H2,1-3H3,(H,16,17). The maximum Gasteiger partial charge on any atom is 0.407 e. The molecule has 0 bridgehead atoms. The van der Waals surface area contributed by atoms with E-state index in [9.17, 15) is 4.79 Å². The van der Waals surface area contributed by atoms with Crippen LogP contribution in [-0.4, -0.2) is 30.8 Å². The third kappa shape index (κ3) is 3.48. The summed E-state index contributed by atoms with van der Waals surface area (Å²) >= 11 is 0. The molecular formula is C14H24N2O2. The number of carbonyl (C=O) groups excluding carboxylic acids is 1. The zero-order valence-electron chi connectivity index (χ0n) is 11.5. The van der Waals surface area contributed by atoms with Gasteiger partial charge in [0.25, 0.3) is 0 Å². The number of carbonyl (C=O) groups is 1. The quantitative estimate of drug-likeness (QED) is 0.595. The fourth-order valence-corrected chi connectivity index (χ4v) is 2.68. The molecule has 2 aliphatic rings. The minimum Gasteiger partial charge on any atom is -0.444 e. The van der Waals surface area contributed by atoms with Crippen molar-refractivity contribution in [1.82, 2.24) is 10.6 Å². The van der Waals surface area contributed by atoms with Gasteiger partial charge in [-0.25, -0.2) is 4.79 Å². The second-order valence-corrected chi connectivity index (χ2v) is 6.23. The monoisotopic (exact) mass is 252 g/mol. The van der Waals surface area contributed by atoms with E-state index < -0.39 is 5.60 Å². The maximum atomic E-state index is 11.4. The predicted octanol–water partition coefficient (Wildman–Crippen LogP) is 2.07. The molecule has 1 amide bonds. The largest absolute Gasteiger partial charge is 0.444 e. The summed E-state index contributed by atoms with van der Waals surface area (Å²) in [5.74, 6) is 1.60. The topological polar surface area (TPSA) is 50.4 Å². The Morgan fingerprint density at radius 2 is 2.17 bits per heavy atom. The number of hydrogen-bond donors (Lipinski definition) is 2. The summed E-state index contributed by atoms with van der Waals surface area (Å²) in [5, 5.41) is 6.25. The van der Waals surface area contributed by atoms with Crippen LogP contribution in [-0.2, 0) is 4.74 Å². The van der Waals surface area contributed by atoms with Crippen molar-refractivity contribution >= 4 is 6.09 Å². The fourth-order valence-electron chi connectivity index (χ4n) is 2.68. The second kappa shape index (κ2) is 5.31. The summed E-state index contributed by atoms with van der Waals surface area (Å²) < 4.78 is 5.17. The highest BCUT2D eigenvalue weighted by Gasteiger charge is 2.40. The van der Waals surface area contributed by atoms with Gasteiger partial charge in [0.15, 0.2) is 0 Å². The highest BCUT2D eigenvalue weighted by molar-refractivity contribution is 5.67. The molecule has 0 aromatic heterocycles. The SMILES string of the molecule is CC(C)(C)OC(=O)NCCNC1CC2CC=CC21. The molecule has 4 nitrogen and oxygen atoms in total. The first-order chi connectivity index (χ1) is 8.46. The van der Waals surface area contributed by atoms with E-state index in [2.05, 4.69) is 22.8 Å². The molecule has 0 aromatic rings. The molecule has 2 N–H and O–H groups in total. The number of hydrogen-bond acceptors (Lipinski definition) is 3. The van der Waals surface area contributed by atoms with Gasteiger partial charge in [0, 0.05) is 19.1 Å². The summed E-state index contributed by atoms with van der Waals surface area (Å²) in [7, 11) is 0. The predicted molar refractivity (Wildman–Crippen MR) is 71.4 cm³/mol. The number of allylic oxidation sites excluding steroid dienone is 1. The van der Waals surface area contributed by atoms with E-state index in [1.807, 2.05) is 20.8 Å². The number of ether oxygens (including phenoxy) is 1. The van der Waals surface area contributed by atoms with Crippen molar-refractivity contribution in [1.29, 1.82) is 0 Å². The Morgan fingerprint density at radius 3 is 2.83 bits per heavy atom. The number of rotatable bonds is 4. The smallest absolute Gasteiger partial charge is 0.407 e. The first-order valence-electron chi connectivity index (χ1n) is 6.82. The van der Waals surface area contributed by atoms with Crippen molar-refractivity contribution in [3.8, 4) is 0 Å². The van der Waals surface area contributed by atoms with Crippen LogP contribution in [0.25, 0.3) is 0 Å². The van der Waals surface area contributed by atoms with E-state index in [1.165, 1.54) is 12.8 Å². The van der Waals surface area contributed by atoms with Crippen LogP contribution in [0.1, 0.15) is 33.6 Å². The van der Waals surface area contributed by atoms with Gasteiger partial charge in [-0.05, 0) is 45.4 Å². The van der Waals surface area contributed by atoms with Gasteiger partial charge in [0.05, 0.1) is 0 Å². The molecule has 2 aliphatic carbocycles. The number of nitrogens with one attached hydrogen (secondary N) is 2. The van der Waals surface area contributed by atoms with Gasteiger partial charge in [-0.1, -0.05) is 12.2 Å². The number of alkyl carbamates (subject to hydrolysis) is 1. The van der Waals surface area contributed by atoms with Crippen LogP contribution in [0.15, 0.2) is 12.2 Å². The third-order valence-electron chi connectivity index (χ3n) is 3.56. The van der Waals surface area contributed by atoms with Crippen LogP contribution >= 0.6 is 0 Å². The summed E-state index contributed by atoms with van der Waals surface area (Å²) in [4.78, 5) is 11.4. The summed E-state index contributed by atoms with van der Waals surface area (Å²) in [6.45, 7) is 7.02. The Morgan fingerprint density at radius 1 is 1.39 bits per heavy atom. The molecule has 1 saturated carbocycles. The minimum absolute atomic E-state index is 0.337. The molecule has 102 valence electrons. The molecule has 0 radical (unpaired) electrons. The Hall–Kier alpha value is -1.03. The molecule has 1 fully saturated rings. The average molecular weight is 252 g/mol. The van der Waals surface area contributed by atoms with Crippen molar-refractivity contribution in [2.45, 2.75) is 45.3 Å². The summed E-state index contributed by atoms with van der Waals surface area (Å²) in [6, 6.07) is 0.606. The molecular weight excluding hydrogens is 228 g/mol. The molecule has 0 spiro atoms. The lowest BCUT2D eigenvalue weighted by Gasteiger charge is -2.40. The zero-order valence-corrected chi connectivity index (χ0v) is 11.5. The van der Waals surface area contributed by atoms with Crippen LogP contribution in [0, 0.1) is 11.8 Å². The van der Waals surface area contributed by atoms with E-state index in [4.69, 9.17) is 4.74 Å². The zero-order chi connectivity index (χ0) is 13.2.